The molecule has 2 fully saturated rings. The number of nitrogens with zero attached hydrogens (tertiary/aromatic N) is 1. The summed E-state index contributed by atoms with van der Waals surface area (Å²) in [6.07, 6.45) is 4.22. The van der Waals surface area contributed by atoms with Crippen molar-refractivity contribution in [1.82, 2.24) is 9.97 Å². The van der Waals surface area contributed by atoms with Gasteiger partial charge < -0.3 is 29.3 Å². The Kier molecular flexibility index (Phi) is 7.09. The molecule has 7 atom stereocenters. The molecule has 3 aromatic rings. The Labute approximate surface area is 222 Å². The number of anilines is 1. The van der Waals surface area contributed by atoms with Gasteiger partial charge in [-0.05, 0) is 48.9 Å². The minimum atomic E-state index is -1.06. The Morgan fingerprint density at radius 2 is 2.00 bits per heavy atom. The molecule has 0 aliphatic carbocycles. The second-order valence-electron chi connectivity index (χ2n) is 11.1. The summed E-state index contributed by atoms with van der Waals surface area (Å²) in [5.41, 5.74) is 1.93. The monoisotopic (exact) mass is 523 g/mol. The van der Waals surface area contributed by atoms with Crippen LogP contribution < -0.4 is 5.32 Å². The summed E-state index contributed by atoms with van der Waals surface area (Å²) in [5.74, 6) is -1.11. The molecule has 204 valence electrons. The SMILES string of the molecule is CNc1ccc2oc(C[C@H]3OC4(CC[C@H]3C)OC([C@H](C)C(=O)c3ccc[nH]3)[C@H](C)C[C@H]4C)nc2c1C(=O)O. The number of hydrogen-bond acceptors (Lipinski definition) is 7. The van der Waals surface area contributed by atoms with Crippen LogP contribution in [0.5, 0.6) is 0 Å². The number of rotatable bonds is 7. The third kappa shape index (κ3) is 4.62. The Morgan fingerprint density at radius 3 is 2.68 bits per heavy atom. The van der Waals surface area contributed by atoms with Gasteiger partial charge in [-0.25, -0.2) is 9.78 Å². The molecular formula is C29H37N3O6. The van der Waals surface area contributed by atoms with Gasteiger partial charge in [0, 0.05) is 31.5 Å². The van der Waals surface area contributed by atoms with E-state index >= 15 is 0 Å². The minimum Gasteiger partial charge on any atom is -0.478 e. The number of fused-ring (bicyclic) bond motifs is 1. The zero-order chi connectivity index (χ0) is 27.2. The molecule has 0 amide bonds. The van der Waals surface area contributed by atoms with E-state index in [1.165, 1.54) is 0 Å². The summed E-state index contributed by atoms with van der Waals surface area (Å²) >= 11 is 0. The molecular weight excluding hydrogens is 486 g/mol. The van der Waals surface area contributed by atoms with Crippen LogP contribution in [0.15, 0.2) is 34.9 Å². The van der Waals surface area contributed by atoms with E-state index in [0.29, 0.717) is 34.8 Å². The van der Waals surface area contributed by atoms with Gasteiger partial charge in [0.1, 0.15) is 11.1 Å². The van der Waals surface area contributed by atoms with Crippen LogP contribution in [0.1, 0.15) is 73.7 Å². The Hall–Kier alpha value is -3.17. The van der Waals surface area contributed by atoms with E-state index in [-0.39, 0.29) is 47.2 Å². The summed E-state index contributed by atoms with van der Waals surface area (Å²) in [4.78, 5) is 32.7. The van der Waals surface area contributed by atoms with Crippen molar-refractivity contribution in [2.75, 3.05) is 12.4 Å². The maximum absolute atomic E-state index is 13.1. The van der Waals surface area contributed by atoms with Crippen LogP contribution in [0, 0.1) is 23.7 Å². The van der Waals surface area contributed by atoms with Gasteiger partial charge in [-0.3, -0.25) is 4.79 Å². The Balaban J connectivity index is 1.39. The molecule has 9 nitrogen and oxygen atoms in total. The molecule has 38 heavy (non-hydrogen) atoms. The van der Waals surface area contributed by atoms with E-state index in [4.69, 9.17) is 13.9 Å². The molecule has 2 aliphatic heterocycles. The molecule has 1 spiro atoms. The first kappa shape index (κ1) is 26.4. The molecule has 1 aromatic carbocycles. The molecule has 2 saturated heterocycles. The number of Topliss-reactive ketones (excluding diaryl/α,β-unsaturated/α-hetero) is 1. The first-order chi connectivity index (χ1) is 18.1. The van der Waals surface area contributed by atoms with E-state index in [0.717, 1.165) is 19.3 Å². The van der Waals surface area contributed by atoms with Crippen LogP contribution in [-0.2, 0) is 15.9 Å². The summed E-state index contributed by atoms with van der Waals surface area (Å²) in [7, 11) is 1.68. The number of aromatic nitrogens is 2. The average Bonchev–Trinajstić information content (AvgIpc) is 3.57. The molecule has 4 heterocycles. The first-order valence-electron chi connectivity index (χ1n) is 13.5. The second-order valence-corrected chi connectivity index (χ2v) is 11.1. The minimum absolute atomic E-state index is 0.0407. The number of H-pyrrole nitrogens is 1. The first-order valence-corrected chi connectivity index (χ1v) is 13.5. The third-order valence-electron chi connectivity index (χ3n) is 8.54. The average molecular weight is 524 g/mol. The van der Waals surface area contributed by atoms with Gasteiger partial charge in [-0.15, -0.1) is 0 Å². The zero-order valence-corrected chi connectivity index (χ0v) is 22.6. The van der Waals surface area contributed by atoms with Crippen LogP contribution in [0.25, 0.3) is 11.1 Å². The number of hydrogen-bond donors (Lipinski definition) is 3. The van der Waals surface area contributed by atoms with Crippen molar-refractivity contribution >= 4 is 28.5 Å². The predicted molar refractivity (Wildman–Crippen MR) is 142 cm³/mol. The van der Waals surface area contributed by atoms with Gasteiger partial charge in [-0.2, -0.15) is 0 Å². The van der Waals surface area contributed by atoms with Gasteiger partial charge in [0.15, 0.2) is 23.0 Å². The van der Waals surface area contributed by atoms with E-state index in [2.05, 4.69) is 36.1 Å². The lowest BCUT2D eigenvalue weighted by atomic mass is 9.75. The quantitative estimate of drug-likeness (QED) is 0.345. The maximum atomic E-state index is 13.1. The Bertz CT molecular complexity index is 1320. The van der Waals surface area contributed by atoms with Crippen LogP contribution >= 0.6 is 0 Å². The topological polar surface area (TPSA) is 127 Å². The van der Waals surface area contributed by atoms with Crippen LogP contribution in [0.4, 0.5) is 5.69 Å². The number of ketones is 1. The highest BCUT2D eigenvalue weighted by molar-refractivity contribution is 6.06. The number of carboxylic acids is 1. The lowest BCUT2D eigenvalue weighted by molar-refractivity contribution is -0.355. The number of ether oxygens (including phenoxy) is 2. The molecule has 0 bridgehead atoms. The third-order valence-corrected chi connectivity index (χ3v) is 8.54. The lowest BCUT2D eigenvalue weighted by Crippen LogP contribution is -2.58. The van der Waals surface area contributed by atoms with E-state index < -0.39 is 11.8 Å². The summed E-state index contributed by atoms with van der Waals surface area (Å²) in [6, 6.07) is 7.05. The number of nitrogens with one attached hydrogen (secondary N) is 2. The number of benzene rings is 1. The summed E-state index contributed by atoms with van der Waals surface area (Å²) in [6.45, 7) is 8.39. The number of carbonyl (C=O) groups excluding carboxylic acids is 1. The molecule has 5 rings (SSSR count). The predicted octanol–water partition coefficient (Wildman–Crippen LogP) is 5.53. The number of aromatic carboxylic acids is 1. The number of carboxylic acid groups (broad SMARTS) is 1. The molecule has 0 radical (unpaired) electrons. The lowest BCUT2D eigenvalue weighted by Gasteiger charge is -2.53. The molecule has 2 aromatic heterocycles. The summed E-state index contributed by atoms with van der Waals surface area (Å²) < 4.78 is 19.6. The van der Waals surface area contributed by atoms with Crippen molar-refractivity contribution in [3.8, 4) is 0 Å². The standard InChI is InChI=1S/C29H37N3O6/c1-15-10-11-29(17(3)13-16(2)27(38-29)18(4)26(33)20-7-6-12-31-20)37-22(15)14-23-32-25-21(36-23)9-8-19(30-5)24(25)28(34)35/h6-9,12,15-18,22,27,30-31H,10-11,13-14H2,1-5H3,(H,34,35)/t15-,16-,17-,18-,22-,27?,29?/m1/s1. The fourth-order valence-electron chi connectivity index (χ4n) is 6.27. The van der Waals surface area contributed by atoms with E-state index in [9.17, 15) is 14.7 Å². The van der Waals surface area contributed by atoms with Crippen LogP contribution in [0.2, 0.25) is 0 Å². The number of oxazole rings is 1. The highest BCUT2D eigenvalue weighted by Crippen LogP contribution is 2.48. The molecule has 0 saturated carbocycles. The van der Waals surface area contributed by atoms with Crippen molar-refractivity contribution < 1.29 is 28.6 Å². The van der Waals surface area contributed by atoms with Crippen LogP contribution in [-0.4, -0.2) is 51.9 Å². The Morgan fingerprint density at radius 1 is 1.21 bits per heavy atom. The van der Waals surface area contributed by atoms with Gasteiger partial charge in [0.25, 0.3) is 0 Å². The number of aromatic amines is 1. The highest BCUT2D eigenvalue weighted by Gasteiger charge is 2.52. The van der Waals surface area contributed by atoms with Gasteiger partial charge in [0.2, 0.25) is 0 Å². The zero-order valence-electron chi connectivity index (χ0n) is 22.6. The highest BCUT2D eigenvalue weighted by atomic mass is 16.7. The van der Waals surface area contributed by atoms with Crippen molar-refractivity contribution in [2.24, 2.45) is 23.7 Å². The van der Waals surface area contributed by atoms with Crippen molar-refractivity contribution in [2.45, 2.75) is 71.4 Å². The van der Waals surface area contributed by atoms with E-state index in [1.54, 1.807) is 31.4 Å². The van der Waals surface area contributed by atoms with Gasteiger partial charge in [-0.1, -0.05) is 27.7 Å². The van der Waals surface area contributed by atoms with E-state index in [1.807, 2.05) is 13.0 Å². The fourth-order valence-corrected chi connectivity index (χ4v) is 6.27. The molecule has 9 heteroatoms. The smallest absolute Gasteiger partial charge is 0.340 e. The normalized spacial score (nSPS) is 30.4. The maximum Gasteiger partial charge on any atom is 0.340 e. The van der Waals surface area contributed by atoms with Crippen molar-refractivity contribution in [3.63, 3.8) is 0 Å². The van der Waals surface area contributed by atoms with Crippen molar-refractivity contribution in [3.05, 3.63) is 47.6 Å². The molecule has 2 aliphatic rings. The summed E-state index contributed by atoms with van der Waals surface area (Å²) in [5, 5.41) is 12.7. The largest absolute Gasteiger partial charge is 0.478 e. The van der Waals surface area contributed by atoms with Crippen LogP contribution in [0.3, 0.4) is 0 Å². The van der Waals surface area contributed by atoms with Gasteiger partial charge in [0.05, 0.1) is 30.0 Å². The molecule has 2 unspecified atom stereocenters. The van der Waals surface area contributed by atoms with Gasteiger partial charge >= 0.3 is 5.97 Å². The molecule has 3 N–H and O–H groups in total. The van der Waals surface area contributed by atoms with Crippen molar-refractivity contribution in [1.29, 1.82) is 0 Å². The fraction of sp³-hybridized carbons (Fsp3) is 0.552. The second kappa shape index (κ2) is 10.2. The number of carbonyl (C=O) groups is 2.